The number of aryl methyl sites for hydroxylation is 2. The molecule has 0 saturated carbocycles. The van der Waals surface area contributed by atoms with Crippen LogP contribution in [0.2, 0.25) is 0 Å². The topological polar surface area (TPSA) is 76.0 Å². The van der Waals surface area contributed by atoms with E-state index < -0.39 is 0 Å². The zero-order valence-corrected chi connectivity index (χ0v) is 18.4. The zero-order valence-electron chi connectivity index (χ0n) is 18.4. The quantitative estimate of drug-likeness (QED) is 0.579. The lowest BCUT2D eigenvalue weighted by Crippen LogP contribution is -2.20. The Hall–Kier alpha value is -3.67. The van der Waals surface area contributed by atoms with Crippen molar-refractivity contribution in [3.63, 3.8) is 0 Å². The second kappa shape index (κ2) is 9.89. The normalized spacial score (nSPS) is 11.0. The number of aromatic nitrogens is 2. The Kier molecular flexibility index (Phi) is 7.03. The van der Waals surface area contributed by atoms with Gasteiger partial charge < -0.3 is 10.6 Å². The predicted octanol–water partition coefficient (Wildman–Crippen LogP) is 3.55. The lowest BCUT2D eigenvalue weighted by Gasteiger charge is -2.06. The van der Waals surface area contributed by atoms with E-state index in [2.05, 4.69) is 46.9 Å². The minimum atomic E-state index is -0.180. The molecule has 0 fully saturated rings. The van der Waals surface area contributed by atoms with Crippen molar-refractivity contribution in [2.24, 2.45) is 0 Å². The van der Waals surface area contributed by atoms with Gasteiger partial charge in [-0.15, -0.1) is 0 Å². The Morgan fingerprint density at radius 3 is 2.26 bits per heavy atom. The number of carbonyl (C=O) groups excluding carboxylic acids is 2. The van der Waals surface area contributed by atoms with E-state index in [4.69, 9.17) is 0 Å². The molecule has 2 aromatic carbocycles. The highest BCUT2D eigenvalue weighted by molar-refractivity contribution is 5.94. The fourth-order valence-electron chi connectivity index (χ4n) is 3.30. The number of hydrogen-bond donors (Lipinski definition) is 2. The molecule has 31 heavy (non-hydrogen) atoms. The number of benzene rings is 2. The summed E-state index contributed by atoms with van der Waals surface area (Å²) in [6.07, 6.45) is 3.35. The van der Waals surface area contributed by atoms with E-state index in [1.165, 1.54) is 17.2 Å². The maximum absolute atomic E-state index is 12.3. The van der Waals surface area contributed by atoms with Gasteiger partial charge in [0.1, 0.15) is 0 Å². The van der Waals surface area contributed by atoms with Crippen molar-refractivity contribution in [3.05, 3.63) is 93.8 Å². The van der Waals surface area contributed by atoms with E-state index in [-0.39, 0.29) is 11.8 Å². The average Bonchev–Trinajstić information content (AvgIpc) is 3.04. The molecule has 1 aromatic heterocycles. The van der Waals surface area contributed by atoms with Crippen molar-refractivity contribution in [2.75, 3.05) is 7.05 Å². The van der Waals surface area contributed by atoms with Gasteiger partial charge in [0.2, 0.25) is 5.91 Å². The highest BCUT2D eigenvalue weighted by atomic mass is 16.2. The lowest BCUT2D eigenvalue weighted by atomic mass is 10.1. The monoisotopic (exact) mass is 416 g/mol. The number of amides is 2. The summed E-state index contributed by atoms with van der Waals surface area (Å²) < 4.78 is 1.96. The largest absolute Gasteiger partial charge is 0.355 e. The molecule has 0 spiro atoms. The third kappa shape index (κ3) is 5.69. The third-order valence-electron chi connectivity index (χ3n) is 5.20. The molecular weight excluding hydrogens is 388 g/mol. The minimum Gasteiger partial charge on any atom is -0.355 e. The third-order valence-corrected chi connectivity index (χ3v) is 5.20. The molecule has 0 radical (unpaired) electrons. The lowest BCUT2D eigenvalue weighted by molar-refractivity contribution is -0.116. The van der Waals surface area contributed by atoms with E-state index >= 15 is 0 Å². The molecule has 0 bridgehead atoms. The molecule has 0 atom stereocenters. The second-order valence-corrected chi connectivity index (χ2v) is 7.55. The highest BCUT2D eigenvalue weighted by Crippen LogP contribution is 2.17. The maximum Gasteiger partial charge on any atom is 0.251 e. The van der Waals surface area contributed by atoms with E-state index in [1.807, 2.05) is 36.7 Å². The number of nitrogens with one attached hydrogen (secondary N) is 2. The summed E-state index contributed by atoms with van der Waals surface area (Å²) >= 11 is 0. The summed E-state index contributed by atoms with van der Waals surface area (Å²) in [5, 5.41) is 10.1. The van der Waals surface area contributed by atoms with Crippen LogP contribution in [0.15, 0.2) is 54.6 Å². The van der Waals surface area contributed by atoms with Crippen molar-refractivity contribution in [2.45, 2.75) is 33.9 Å². The zero-order chi connectivity index (χ0) is 22.4. The van der Waals surface area contributed by atoms with Crippen molar-refractivity contribution < 1.29 is 9.59 Å². The van der Waals surface area contributed by atoms with Crippen LogP contribution in [0.5, 0.6) is 0 Å². The van der Waals surface area contributed by atoms with Gasteiger partial charge in [0.05, 0.1) is 12.2 Å². The van der Waals surface area contributed by atoms with Crippen LogP contribution in [0.3, 0.4) is 0 Å². The van der Waals surface area contributed by atoms with E-state index in [1.54, 1.807) is 19.2 Å². The standard InChI is InChI=1S/C25H28N4O2/c1-17-5-7-21(8-6-17)16-29-19(3)23(18(2)28-29)13-14-24(30)27-15-20-9-11-22(12-10-20)25(31)26-4/h5-14H,15-16H2,1-4H3,(H,26,31)(H,27,30)/b14-13+. The molecule has 3 rings (SSSR count). The van der Waals surface area contributed by atoms with Crippen LogP contribution in [0.4, 0.5) is 0 Å². The molecule has 2 N–H and O–H groups in total. The van der Waals surface area contributed by atoms with Gasteiger partial charge in [0.15, 0.2) is 0 Å². The molecule has 0 saturated heterocycles. The van der Waals surface area contributed by atoms with Gasteiger partial charge in [0.25, 0.3) is 5.91 Å². The fourth-order valence-corrected chi connectivity index (χ4v) is 3.30. The van der Waals surface area contributed by atoms with Gasteiger partial charge in [-0.3, -0.25) is 14.3 Å². The Labute approximate surface area is 183 Å². The summed E-state index contributed by atoms with van der Waals surface area (Å²) in [4.78, 5) is 23.9. The van der Waals surface area contributed by atoms with E-state index in [0.29, 0.717) is 18.7 Å². The SMILES string of the molecule is CNC(=O)c1ccc(CNC(=O)/C=C/c2c(C)nn(Cc3ccc(C)cc3)c2C)cc1. The number of carbonyl (C=O) groups is 2. The summed E-state index contributed by atoms with van der Waals surface area (Å²) in [6.45, 7) is 7.12. The van der Waals surface area contributed by atoms with Crippen molar-refractivity contribution in [3.8, 4) is 0 Å². The molecule has 1 heterocycles. The van der Waals surface area contributed by atoms with Gasteiger partial charge in [-0.1, -0.05) is 42.0 Å². The van der Waals surface area contributed by atoms with Crippen LogP contribution in [-0.4, -0.2) is 28.6 Å². The van der Waals surface area contributed by atoms with Gasteiger partial charge in [-0.05, 0) is 50.1 Å². The smallest absolute Gasteiger partial charge is 0.251 e. The number of hydrogen-bond acceptors (Lipinski definition) is 3. The Morgan fingerprint density at radius 2 is 1.61 bits per heavy atom. The molecule has 2 amide bonds. The van der Waals surface area contributed by atoms with Crippen LogP contribution in [-0.2, 0) is 17.9 Å². The molecule has 0 aliphatic rings. The van der Waals surface area contributed by atoms with Crippen LogP contribution in [0, 0.1) is 20.8 Å². The van der Waals surface area contributed by atoms with Gasteiger partial charge >= 0.3 is 0 Å². The summed E-state index contributed by atoms with van der Waals surface area (Å²) in [5.41, 5.74) is 6.79. The molecule has 0 aliphatic heterocycles. The molecule has 0 aliphatic carbocycles. The van der Waals surface area contributed by atoms with Crippen LogP contribution in [0.25, 0.3) is 6.08 Å². The first-order chi connectivity index (χ1) is 14.9. The second-order valence-electron chi connectivity index (χ2n) is 7.55. The molecule has 6 nitrogen and oxygen atoms in total. The Balaban J connectivity index is 1.60. The van der Waals surface area contributed by atoms with Gasteiger partial charge in [0, 0.05) is 36.5 Å². The first-order valence-electron chi connectivity index (χ1n) is 10.2. The van der Waals surface area contributed by atoms with Crippen molar-refractivity contribution in [1.82, 2.24) is 20.4 Å². The van der Waals surface area contributed by atoms with Gasteiger partial charge in [-0.2, -0.15) is 5.10 Å². The summed E-state index contributed by atoms with van der Waals surface area (Å²) in [5.74, 6) is -0.312. The van der Waals surface area contributed by atoms with Crippen molar-refractivity contribution in [1.29, 1.82) is 0 Å². The maximum atomic E-state index is 12.3. The molecule has 3 aromatic rings. The first kappa shape index (κ1) is 22.0. The number of rotatable bonds is 7. The highest BCUT2D eigenvalue weighted by Gasteiger charge is 2.10. The first-order valence-corrected chi connectivity index (χ1v) is 10.2. The van der Waals surface area contributed by atoms with Crippen LogP contribution >= 0.6 is 0 Å². The summed E-state index contributed by atoms with van der Waals surface area (Å²) in [7, 11) is 1.60. The van der Waals surface area contributed by atoms with E-state index in [0.717, 1.165) is 22.5 Å². The van der Waals surface area contributed by atoms with E-state index in [9.17, 15) is 9.59 Å². The van der Waals surface area contributed by atoms with Crippen molar-refractivity contribution >= 4 is 17.9 Å². The Morgan fingerprint density at radius 1 is 0.968 bits per heavy atom. The molecule has 0 unspecified atom stereocenters. The van der Waals surface area contributed by atoms with Crippen LogP contribution in [0.1, 0.15) is 44.0 Å². The molecular formula is C25H28N4O2. The van der Waals surface area contributed by atoms with Crippen LogP contribution < -0.4 is 10.6 Å². The number of nitrogens with zero attached hydrogens (tertiary/aromatic N) is 2. The minimum absolute atomic E-state index is 0.132. The van der Waals surface area contributed by atoms with Gasteiger partial charge in [-0.25, -0.2) is 0 Å². The summed E-state index contributed by atoms with van der Waals surface area (Å²) in [6, 6.07) is 15.6. The predicted molar refractivity (Wildman–Crippen MR) is 123 cm³/mol. The Bertz CT molecular complexity index is 1090. The molecule has 6 heteroatoms. The molecule has 160 valence electrons. The average molecular weight is 417 g/mol. The fraction of sp³-hybridized carbons (Fsp3) is 0.240.